The van der Waals surface area contributed by atoms with E-state index in [0.29, 0.717) is 10.1 Å². The average Bonchev–Trinajstić information content (AvgIpc) is 3.17. The lowest BCUT2D eigenvalue weighted by atomic mass is 9.94. The Morgan fingerprint density at radius 1 is 0.673 bits per heavy atom. The zero-order valence-corrected chi connectivity index (χ0v) is 30.6. The number of rotatable bonds is 23. The molecule has 2 atom stereocenters. The molecule has 0 aromatic heterocycles. The third-order valence-electron chi connectivity index (χ3n) is 8.10. The summed E-state index contributed by atoms with van der Waals surface area (Å²) in [4.78, 5) is 86.7. The molecule has 17 heteroatoms. The van der Waals surface area contributed by atoms with Crippen molar-refractivity contribution in [2.75, 3.05) is 27.3 Å². The van der Waals surface area contributed by atoms with Crippen LogP contribution in [0.15, 0.2) is 72.8 Å². The third-order valence-corrected chi connectivity index (χ3v) is 8.10. The first kappa shape index (κ1) is 45.2. The number of nitrogens with one attached hydrogen (secondary N) is 2. The van der Waals surface area contributed by atoms with Crippen molar-refractivity contribution in [1.82, 2.24) is 20.8 Å². The summed E-state index contributed by atoms with van der Waals surface area (Å²) in [6.07, 6.45) is 3.63. The predicted molar refractivity (Wildman–Crippen MR) is 193 cm³/mol. The van der Waals surface area contributed by atoms with Crippen LogP contribution in [0.3, 0.4) is 0 Å². The molecule has 5 N–H and O–H groups in total. The highest BCUT2D eigenvalue weighted by molar-refractivity contribution is 5.94. The normalized spacial score (nSPS) is 12.4. The standard InChI is InChI=1S/C38H48N4O13/c1-54-35(47)29(17-9-11-23-41(52)33(45)21-19-27-13-5-3-6-14-27)39-31(43)25-38(51,37(49)50)26-32(44)40-30(36(48)55-2)18-10-12-24-42(53)34(46)22-20-28-15-7-4-8-16-28/h3-8,13-16,19-22,29-30,51-53H,9-12,17-18,23-26H2,1-2H3,(H,39,43)(H,40,44)(H,49,50)/p-1/b21-19+,22-20+/t29-,30-/m0/s1. The average molecular weight is 768 g/mol. The van der Waals surface area contributed by atoms with Crippen LogP contribution in [0.2, 0.25) is 0 Å². The van der Waals surface area contributed by atoms with Gasteiger partial charge in [0.1, 0.15) is 17.7 Å². The summed E-state index contributed by atoms with van der Waals surface area (Å²) in [5.41, 5.74) is -1.57. The SMILES string of the molecule is COC(=O)[C@H](CCCCN(O)C(=O)/C=C/c1ccccc1)NC(=O)CC(O)(CC(=O)N[C@@H](CCCCN(O)C(=O)/C=C/c1ccccc1)C(=O)OC)C(=O)[O-]. The number of ether oxygens (including phenoxy) is 2. The lowest BCUT2D eigenvalue weighted by molar-refractivity contribution is -0.324. The minimum Gasteiger partial charge on any atom is -0.547 e. The predicted octanol–water partition coefficient (Wildman–Crippen LogP) is 0.766. The highest BCUT2D eigenvalue weighted by atomic mass is 16.5. The van der Waals surface area contributed by atoms with Gasteiger partial charge in [0, 0.05) is 25.2 Å². The summed E-state index contributed by atoms with van der Waals surface area (Å²) in [5, 5.41) is 48.3. The number of methoxy groups -OCH3 is 2. The quantitative estimate of drug-likeness (QED) is 0.0345. The third kappa shape index (κ3) is 16.8. The summed E-state index contributed by atoms with van der Waals surface area (Å²) in [7, 11) is 2.11. The van der Waals surface area contributed by atoms with E-state index in [4.69, 9.17) is 9.47 Å². The van der Waals surface area contributed by atoms with Gasteiger partial charge in [-0.1, -0.05) is 60.7 Å². The van der Waals surface area contributed by atoms with Crippen LogP contribution in [0.25, 0.3) is 12.2 Å². The van der Waals surface area contributed by atoms with Crippen molar-refractivity contribution in [3.05, 3.63) is 83.9 Å². The Labute approximate surface area is 318 Å². The topological polar surface area (TPSA) is 252 Å². The summed E-state index contributed by atoms with van der Waals surface area (Å²) in [5.74, 6) is -7.63. The molecule has 0 fully saturated rings. The van der Waals surface area contributed by atoms with Gasteiger partial charge < -0.3 is 35.1 Å². The first-order chi connectivity index (χ1) is 26.2. The van der Waals surface area contributed by atoms with E-state index in [1.165, 1.54) is 24.3 Å². The van der Waals surface area contributed by atoms with E-state index in [2.05, 4.69) is 10.6 Å². The van der Waals surface area contributed by atoms with E-state index in [-0.39, 0.29) is 51.6 Å². The van der Waals surface area contributed by atoms with Crippen LogP contribution in [-0.2, 0) is 43.0 Å². The molecule has 0 heterocycles. The van der Waals surface area contributed by atoms with Crippen molar-refractivity contribution in [2.24, 2.45) is 0 Å². The lowest BCUT2D eigenvalue weighted by Crippen LogP contribution is -2.55. The molecule has 0 saturated carbocycles. The summed E-state index contributed by atoms with van der Waals surface area (Å²) >= 11 is 0. The van der Waals surface area contributed by atoms with Crippen LogP contribution in [0.1, 0.15) is 62.5 Å². The Hall–Kier alpha value is -5.91. The number of carboxylic acids is 1. The molecule has 2 aromatic rings. The number of nitrogens with zero attached hydrogens (tertiary/aromatic N) is 2. The van der Waals surface area contributed by atoms with Gasteiger partial charge in [0.25, 0.3) is 11.8 Å². The number of amides is 4. The highest BCUT2D eigenvalue weighted by Crippen LogP contribution is 2.17. The molecule has 0 aliphatic heterocycles. The molecule has 2 aromatic carbocycles. The fourth-order valence-corrected chi connectivity index (χ4v) is 5.09. The Bertz CT molecular complexity index is 1540. The number of carboxylic acid groups (broad SMARTS) is 1. The van der Waals surface area contributed by atoms with E-state index in [1.54, 1.807) is 48.5 Å². The van der Waals surface area contributed by atoms with Gasteiger partial charge in [-0.25, -0.2) is 19.7 Å². The summed E-state index contributed by atoms with van der Waals surface area (Å²) < 4.78 is 9.41. The van der Waals surface area contributed by atoms with Crippen molar-refractivity contribution in [3.63, 3.8) is 0 Å². The Balaban J connectivity index is 1.89. The zero-order chi connectivity index (χ0) is 40.8. The molecule has 0 radical (unpaired) electrons. The maximum Gasteiger partial charge on any atom is 0.328 e. The zero-order valence-electron chi connectivity index (χ0n) is 30.6. The largest absolute Gasteiger partial charge is 0.547 e. The minimum absolute atomic E-state index is 0.0576. The maximum atomic E-state index is 12.8. The molecular weight excluding hydrogens is 720 g/mol. The van der Waals surface area contributed by atoms with Gasteiger partial charge >= 0.3 is 11.9 Å². The molecule has 0 aliphatic carbocycles. The molecule has 0 unspecified atom stereocenters. The molecule has 2 rings (SSSR count). The van der Waals surface area contributed by atoms with Crippen LogP contribution >= 0.6 is 0 Å². The fraction of sp³-hybridized carbons (Fsp3) is 0.395. The Kier molecular flexibility index (Phi) is 19.5. The number of hydrogen-bond acceptors (Lipinski definition) is 13. The molecule has 4 amide bonds. The number of aliphatic carboxylic acids is 1. The van der Waals surface area contributed by atoms with Gasteiger partial charge in [0.2, 0.25) is 11.8 Å². The van der Waals surface area contributed by atoms with E-state index < -0.39 is 72.1 Å². The minimum atomic E-state index is -3.06. The van der Waals surface area contributed by atoms with Gasteiger partial charge in [-0.15, -0.1) is 0 Å². The van der Waals surface area contributed by atoms with Crippen molar-refractivity contribution >= 4 is 53.7 Å². The number of carbonyl (C=O) groups is 7. The molecule has 0 aliphatic rings. The molecule has 17 nitrogen and oxygen atoms in total. The molecule has 55 heavy (non-hydrogen) atoms. The Morgan fingerprint density at radius 3 is 1.36 bits per heavy atom. The van der Waals surface area contributed by atoms with E-state index >= 15 is 0 Å². The van der Waals surface area contributed by atoms with Gasteiger partial charge in [0.05, 0.1) is 33.0 Å². The van der Waals surface area contributed by atoms with Crippen LogP contribution < -0.4 is 15.7 Å². The summed E-state index contributed by atoms with van der Waals surface area (Å²) in [6.45, 7) is -0.226. The number of hydroxylamine groups is 4. The number of aliphatic hydroxyl groups is 1. The van der Waals surface area contributed by atoms with E-state index in [1.807, 2.05) is 12.1 Å². The van der Waals surface area contributed by atoms with Crippen LogP contribution in [-0.4, -0.2) is 112 Å². The second-order valence-corrected chi connectivity index (χ2v) is 12.4. The van der Waals surface area contributed by atoms with Gasteiger partial charge in [0.15, 0.2) is 0 Å². The van der Waals surface area contributed by atoms with E-state index in [9.17, 15) is 54.2 Å². The number of benzene rings is 2. The maximum absolute atomic E-state index is 12.8. The van der Waals surface area contributed by atoms with Crippen LogP contribution in [0.4, 0.5) is 0 Å². The number of carbonyl (C=O) groups excluding carboxylic acids is 7. The number of unbranched alkanes of at least 4 members (excludes halogenated alkanes) is 2. The highest BCUT2D eigenvalue weighted by Gasteiger charge is 2.37. The first-order valence-corrected chi connectivity index (χ1v) is 17.3. The van der Waals surface area contributed by atoms with E-state index in [0.717, 1.165) is 25.3 Å². The molecule has 0 saturated heterocycles. The van der Waals surface area contributed by atoms with Crippen molar-refractivity contribution < 1.29 is 63.7 Å². The number of hydrogen-bond donors (Lipinski definition) is 5. The molecular formula is C38H47N4O13-. The van der Waals surface area contributed by atoms with Crippen molar-refractivity contribution in [3.8, 4) is 0 Å². The summed E-state index contributed by atoms with van der Waals surface area (Å²) in [6, 6.07) is 15.2. The molecule has 298 valence electrons. The fourth-order valence-electron chi connectivity index (χ4n) is 5.09. The van der Waals surface area contributed by atoms with Crippen LogP contribution in [0, 0.1) is 0 Å². The number of esters is 2. The molecule has 0 bridgehead atoms. The van der Waals surface area contributed by atoms with Crippen molar-refractivity contribution in [2.45, 2.75) is 69.1 Å². The second kappa shape index (κ2) is 23.7. The van der Waals surface area contributed by atoms with Gasteiger partial charge in [-0.3, -0.25) is 29.6 Å². The van der Waals surface area contributed by atoms with Gasteiger partial charge in [-0.2, -0.15) is 0 Å². The lowest BCUT2D eigenvalue weighted by Gasteiger charge is -2.29. The monoisotopic (exact) mass is 767 g/mol. The van der Waals surface area contributed by atoms with Crippen LogP contribution in [0.5, 0.6) is 0 Å². The van der Waals surface area contributed by atoms with Crippen molar-refractivity contribution in [1.29, 1.82) is 0 Å². The Morgan fingerprint density at radius 2 is 1.04 bits per heavy atom. The van der Waals surface area contributed by atoms with Gasteiger partial charge in [-0.05, 0) is 61.8 Å². The second-order valence-electron chi connectivity index (χ2n) is 12.4. The first-order valence-electron chi connectivity index (χ1n) is 17.3. The smallest absolute Gasteiger partial charge is 0.328 e. The molecule has 0 spiro atoms.